The molecule has 3 aliphatic heterocycles. The van der Waals surface area contributed by atoms with Crippen molar-refractivity contribution in [2.45, 2.75) is 58.3 Å². The fourth-order valence-corrected chi connectivity index (χ4v) is 3.04. The van der Waals surface area contributed by atoms with E-state index < -0.39 is 5.60 Å². The van der Waals surface area contributed by atoms with Crippen LogP contribution in [0.5, 0.6) is 0 Å². The zero-order chi connectivity index (χ0) is 18.9. The molecule has 0 aliphatic carbocycles. The lowest BCUT2D eigenvalue weighted by Gasteiger charge is -2.40. The number of allylic oxidation sites excluding steroid dienone is 1. The lowest BCUT2D eigenvalue weighted by molar-refractivity contribution is -0.0764. The maximum Gasteiger partial charge on any atom is 0.410 e. The third-order valence-corrected chi connectivity index (χ3v) is 4.29. The lowest BCUT2D eigenvalue weighted by atomic mass is 10.1. The smallest absolute Gasteiger partial charge is 0.410 e. The summed E-state index contributed by atoms with van der Waals surface area (Å²) in [5, 5.41) is 0. The molecule has 7 heteroatoms. The summed E-state index contributed by atoms with van der Waals surface area (Å²) in [7, 11) is 0. The number of amidine groups is 1. The van der Waals surface area contributed by atoms with Crippen molar-refractivity contribution < 1.29 is 19.0 Å². The molecule has 0 unspecified atom stereocenters. The predicted octanol–water partition coefficient (Wildman–Crippen LogP) is 3.07. The maximum atomic E-state index is 12.0. The minimum absolute atomic E-state index is 0.0365. The van der Waals surface area contributed by atoms with Crippen LogP contribution < -0.4 is 0 Å². The molecule has 0 N–H and O–H groups in total. The van der Waals surface area contributed by atoms with Crippen molar-refractivity contribution in [1.29, 1.82) is 0 Å². The molecule has 1 amide bonds. The van der Waals surface area contributed by atoms with Gasteiger partial charge in [0.05, 0.1) is 31.5 Å². The van der Waals surface area contributed by atoms with Gasteiger partial charge in [0.2, 0.25) is 0 Å². The molecule has 0 aromatic carbocycles. The van der Waals surface area contributed by atoms with Crippen LogP contribution in [0.25, 0.3) is 0 Å². The first kappa shape index (κ1) is 18.6. The van der Waals surface area contributed by atoms with Crippen LogP contribution in [-0.2, 0) is 14.2 Å². The molecule has 1 fully saturated rings. The minimum Gasteiger partial charge on any atom is -0.497 e. The Morgan fingerprint density at radius 2 is 2.12 bits per heavy atom. The molecule has 3 aliphatic rings. The summed E-state index contributed by atoms with van der Waals surface area (Å²) in [5.41, 5.74) is 1.27. The fourth-order valence-electron chi connectivity index (χ4n) is 3.04. The van der Waals surface area contributed by atoms with Crippen LogP contribution in [-0.4, -0.2) is 60.5 Å². The van der Waals surface area contributed by atoms with Crippen molar-refractivity contribution in [3.63, 3.8) is 0 Å². The van der Waals surface area contributed by atoms with E-state index in [-0.39, 0.29) is 18.3 Å². The number of nitrogens with zero attached hydrogens (tertiary/aromatic N) is 3. The summed E-state index contributed by atoms with van der Waals surface area (Å²) >= 11 is 0. The van der Waals surface area contributed by atoms with Crippen LogP contribution in [0.1, 0.15) is 40.5 Å². The molecule has 0 radical (unpaired) electrons. The van der Waals surface area contributed by atoms with E-state index in [1.165, 1.54) is 0 Å². The molecule has 0 spiro atoms. The summed E-state index contributed by atoms with van der Waals surface area (Å²) in [6.45, 7) is 13.1. The number of amides is 1. The van der Waals surface area contributed by atoms with Gasteiger partial charge in [-0.3, -0.25) is 0 Å². The highest BCUT2D eigenvalue weighted by molar-refractivity contribution is 5.90. The molecule has 3 rings (SSSR count). The lowest BCUT2D eigenvalue weighted by Crippen LogP contribution is -2.56. The summed E-state index contributed by atoms with van der Waals surface area (Å²) in [4.78, 5) is 22.5. The van der Waals surface area contributed by atoms with Gasteiger partial charge < -0.3 is 19.1 Å². The van der Waals surface area contributed by atoms with Crippen LogP contribution >= 0.6 is 0 Å². The molecule has 0 bridgehead atoms. The normalized spacial score (nSPS) is 24.2. The van der Waals surface area contributed by atoms with Crippen molar-refractivity contribution in [3.8, 4) is 0 Å². The number of hydrogen-bond acceptors (Lipinski definition) is 6. The van der Waals surface area contributed by atoms with E-state index in [1.54, 1.807) is 11.1 Å². The van der Waals surface area contributed by atoms with Crippen molar-refractivity contribution in [2.75, 3.05) is 19.7 Å². The summed E-state index contributed by atoms with van der Waals surface area (Å²) in [5.74, 6) is 1.53. The average Bonchev–Trinajstić information content (AvgIpc) is 2.93. The number of carbonyl (C=O) groups excluding carboxylic acids is 1. The molecule has 0 saturated carbocycles. The first-order chi connectivity index (χ1) is 12.2. The number of aliphatic imine (C=N–C) groups is 2. The quantitative estimate of drug-likeness (QED) is 0.758. The van der Waals surface area contributed by atoms with Crippen LogP contribution in [0.15, 0.2) is 33.6 Å². The third-order valence-electron chi connectivity index (χ3n) is 4.29. The van der Waals surface area contributed by atoms with Gasteiger partial charge in [0.25, 0.3) is 0 Å². The monoisotopic (exact) mass is 361 g/mol. The summed E-state index contributed by atoms with van der Waals surface area (Å²) in [6, 6.07) is 0. The predicted molar refractivity (Wildman–Crippen MR) is 99.4 cm³/mol. The van der Waals surface area contributed by atoms with E-state index in [1.807, 2.05) is 27.7 Å². The molecule has 0 aromatic heterocycles. The Labute approximate surface area is 154 Å². The SMILES string of the molecule is C=C1N=C(C)N=C[C@@H](OC2CN(C(=O)OC(C)(C)C)C2)CC2=C1CCO2. The van der Waals surface area contributed by atoms with Gasteiger partial charge >= 0.3 is 6.09 Å². The van der Waals surface area contributed by atoms with E-state index in [0.717, 1.165) is 17.8 Å². The number of rotatable bonds is 2. The van der Waals surface area contributed by atoms with Gasteiger partial charge in [-0.2, -0.15) is 0 Å². The molecule has 3 heterocycles. The van der Waals surface area contributed by atoms with Crippen LogP contribution in [0.2, 0.25) is 0 Å². The van der Waals surface area contributed by atoms with E-state index in [9.17, 15) is 4.79 Å². The fraction of sp³-hybridized carbons (Fsp3) is 0.632. The summed E-state index contributed by atoms with van der Waals surface area (Å²) in [6.07, 6.45) is 2.62. The third kappa shape index (κ3) is 4.52. The number of likely N-dealkylation sites (tertiary alicyclic amines) is 1. The van der Waals surface area contributed by atoms with Gasteiger partial charge in [0, 0.05) is 24.6 Å². The van der Waals surface area contributed by atoms with E-state index in [2.05, 4.69) is 16.6 Å². The zero-order valence-corrected chi connectivity index (χ0v) is 15.9. The maximum absolute atomic E-state index is 12.0. The first-order valence-corrected chi connectivity index (χ1v) is 8.98. The highest BCUT2D eigenvalue weighted by Gasteiger charge is 2.36. The van der Waals surface area contributed by atoms with Crippen molar-refractivity contribution in [1.82, 2.24) is 4.90 Å². The summed E-state index contributed by atoms with van der Waals surface area (Å²) < 4.78 is 17.2. The van der Waals surface area contributed by atoms with Gasteiger partial charge in [0.1, 0.15) is 23.3 Å². The molecule has 0 aromatic rings. The minimum atomic E-state index is -0.491. The second-order valence-electron chi connectivity index (χ2n) is 7.77. The van der Waals surface area contributed by atoms with E-state index >= 15 is 0 Å². The average molecular weight is 361 g/mol. The number of ether oxygens (including phenoxy) is 3. The Balaban J connectivity index is 1.59. The van der Waals surface area contributed by atoms with Crippen LogP contribution in [0.4, 0.5) is 4.79 Å². The largest absolute Gasteiger partial charge is 0.497 e. The Morgan fingerprint density at radius 1 is 1.38 bits per heavy atom. The Kier molecular flexibility index (Phi) is 5.18. The molecule has 1 saturated heterocycles. The first-order valence-electron chi connectivity index (χ1n) is 8.98. The van der Waals surface area contributed by atoms with Gasteiger partial charge in [-0.25, -0.2) is 14.8 Å². The highest BCUT2D eigenvalue weighted by Crippen LogP contribution is 2.30. The number of carbonyl (C=O) groups is 1. The molecule has 142 valence electrons. The Morgan fingerprint density at radius 3 is 2.81 bits per heavy atom. The van der Waals surface area contributed by atoms with Crippen molar-refractivity contribution >= 4 is 18.1 Å². The van der Waals surface area contributed by atoms with Gasteiger partial charge in [0.15, 0.2) is 0 Å². The van der Waals surface area contributed by atoms with Crippen molar-refractivity contribution in [2.24, 2.45) is 9.98 Å². The molecule has 26 heavy (non-hydrogen) atoms. The van der Waals surface area contributed by atoms with Crippen LogP contribution in [0.3, 0.4) is 0 Å². The zero-order valence-electron chi connectivity index (χ0n) is 15.9. The Bertz CT molecular complexity index is 681. The molecular formula is C19H27N3O4. The molecule has 7 nitrogen and oxygen atoms in total. The van der Waals surface area contributed by atoms with Gasteiger partial charge in [-0.1, -0.05) is 6.58 Å². The Hall–Kier alpha value is -2.15. The highest BCUT2D eigenvalue weighted by atomic mass is 16.6. The van der Waals surface area contributed by atoms with Gasteiger partial charge in [-0.05, 0) is 27.7 Å². The van der Waals surface area contributed by atoms with E-state index in [0.29, 0.717) is 37.6 Å². The topological polar surface area (TPSA) is 72.7 Å². The number of hydrogen-bond donors (Lipinski definition) is 0. The second kappa shape index (κ2) is 7.23. The van der Waals surface area contributed by atoms with Gasteiger partial charge in [-0.15, -0.1) is 0 Å². The second-order valence-corrected chi connectivity index (χ2v) is 7.77. The van der Waals surface area contributed by atoms with E-state index in [4.69, 9.17) is 14.2 Å². The standard InChI is InChI=1S/C19H27N3O4/c1-12-16-6-7-24-17(16)8-14(9-20-13(2)21-12)25-15-10-22(11-15)18(23)26-19(3,4)5/h9,14-15H,1,6-8,10-11H2,2-5H3/t14-/m0/s1. The molecule has 1 atom stereocenters. The molecular weight excluding hydrogens is 334 g/mol. The van der Waals surface area contributed by atoms with Crippen LogP contribution in [0, 0.1) is 0 Å². The van der Waals surface area contributed by atoms with Crippen molar-refractivity contribution in [3.05, 3.63) is 23.6 Å².